The zero-order valence-electron chi connectivity index (χ0n) is 11.2. The highest BCUT2D eigenvalue weighted by Gasteiger charge is 2.24. The second-order valence-corrected chi connectivity index (χ2v) is 5.43. The summed E-state index contributed by atoms with van der Waals surface area (Å²) in [5.74, 6) is -0.458. The van der Waals surface area contributed by atoms with Crippen LogP contribution in [-0.2, 0) is 20.1 Å². The monoisotopic (exact) mass is 288 g/mol. The van der Waals surface area contributed by atoms with Crippen molar-refractivity contribution in [3.8, 4) is 0 Å². The van der Waals surface area contributed by atoms with Crippen molar-refractivity contribution in [2.24, 2.45) is 0 Å². The standard InChI is InChI=1S/C16H16O3S/c1-2-15(17)19-20(18)16(13-9-5-3-6-10-13)14-11-7-4-8-12-14/h3-12,16H,2H2,1H3. The first kappa shape index (κ1) is 14.5. The summed E-state index contributed by atoms with van der Waals surface area (Å²) in [6.45, 7) is 1.68. The highest BCUT2D eigenvalue weighted by molar-refractivity contribution is 7.81. The summed E-state index contributed by atoms with van der Waals surface area (Å²) in [7, 11) is 0. The van der Waals surface area contributed by atoms with Crippen LogP contribution in [0.1, 0.15) is 29.7 Å². The maximum absolute atomic E-state index is 12.4. The highest BCUT2D eigenvalue weighted by atomic mass is 32.2. The average Bonchev–Trinajstić information content (AvgIpc) is 2.49. The molecule has 0 N–H and O–H groups in total. The zero-order valence-corrected chi connectivity index (χ0v) is 12.0. The molecule has 104 valence electrons. The van der Waals surface area contributed by atoms with Gasteiger partial charge in [0.15, 0.2) is 0 Å². The molecule has 0 aliphatic carbocycles. The van der Waals surface area contributed by atoms with Gasteiger partial charge in [0.1, 0.15) is 5.25 Å². The summed E-state index contributed by atoms with van der Waals surface area (Å²) in [6.07, 6.45) is 0.210. The van der Waals surface area contributed by atoms with E-state index in [9.17, 15) is 9.00 Å². The molecule has 2 rings (SSSR count). The molecule has 0 amide bonds. The predicted octanol–water partition coefficient (Wildman–Crippen LogP) is 3.39. The van der Waals surface area contributed by atoms with E-state index < -0.39 is 22.3 Å². The molecule has 0 aliphatic rings. The Labute approximate surface area is 121 Å². The van der Waals surface area contributed by atoms with Crippen LogP contribution < -0.4 is 0 Å². The number of hydrogen-bond acceptors (Lipinski definition) is 3. The van der Waals surface area contributed by atoms with Gasteiger partial charge in [0, 0.05) is 6.42 Å². The Bertz CT molecular complexity index is 542. The van der Waals surface area contributed by atoms with Gasteiger partial charge in [-0.2, -0.15) is 0 Å². The van der Waals surface area contributed by atoms with Gasteiger partial charge in [-0.05, 0) is 11.1 Å². The summed E-state index contributed by atoms with van der Waals surface area (Å²) in [5.41, 5.74) is 1.72. The summed E-state index contributed by atoms with van der Waals surface area (Å²) in [4.78, 5) is 11.4. The molecule has 1 atom stereocenters. The number of carbonyl (C=O) groups excluding carboxylic acids is 1. The fourth-order valence-electron chi connectivity index (χ4n) is 1.87. The van der Waals surface area contributed by atoms with Crippen LogP contribution in [0.25, 0.3) is 0 Å². The van der Waals surface area contributed by atoms with E-state index in [2.05, 4.69) is 0 Å². The Morgan fingerprint density at radius 1 is 1.00 bits per heavy atom. The summed E-state index contributed by atoms with van der Waals surface area (Å²) in [5, 5.41) is -0.465. The van der Waals surface area contributed by atoms with Crippen LogP contribution in [0.3, 0.4) is 0 Å². The minimum atomic E-state index is -1.74. The molecule has 2 aromatic rings. The van der Waals surface area contributed by atoms with Crippen LogP contribution in [0.4, 0.5) is 0 Å². The van der Waals surface area contributed by atoms with Gasteiger partial charge >= 0.3 is 5.97 Å². The molecule has 20 heavy (non-hydrogen) atoms. The maximum Gasteiger partial charge on any atom is 0.319 e. The van der Waals surface area contributed by atoms with E-state index in [0.29, 0.717) is 0 Å². The van der Waals surface area contributed by atoms with Crippen molar-refractivity contribution in [2.45, 2.75) is 18.6 Å². The van der Waals surface area contributed by atoms with Gasteiger partial charge in [-0.3, -0.25) is 4.79 Å². The van der Waals surface area contributed by atoms with Crippen LogP contribution in [0, 0.1) is 0 Å². The van der Waals surface area contributed by atoms with E-state index in [1.54, 1.807) is 6.92 Å². The molecule has 1 unspecified atom stereocenters. The largest absolute Gasteiger partial charge is 0.363 e. The first-order chi connectivity index (χ1) is 9.72. The van der Waals surface area contributed by atoms with E-state index in [0.717, 1.165) is 11.1 Å². The van der Waals surface area contributed by atoms with Gasteiger partial charge in [-0.25, -0.2) is 4.21 Å². The smallest absolute Gasteiger partial charge is 0.319 e. The minimum Gasteiger partial charge on any atom is -0.363 e. The number of rotatable bonds is 5. The molecule has 0 fully saturated rings. The molecular formula is C16H16O3S. The topological polar surface area (TPSA) is 43.4 Å². The number of carbonyl (C=O) groups is 1. The molecule has 0 aliphatic heterocycles. The molecule has 3 nitrogen and oxygen atoms in total. The third-order valence-electron chi connectivity index (χ3n) is 2.86. The summed E-state index contributed by atoms with van der Waals surface area (Å²) >= 11 is -1.74. The Balaban J connectivity index is 2.35. The second kappa shape index (κ2) is 7.01. The lowest BCUT2D eigenvalue weighted by atomic mass is 10.0. The number of benzene rings is 2. The maximum atomic E-state index is 12.4. The van der Waals surface area contributed by atoms with E-state index in [4.69, 9.17) is 4.18 Å². The Kier molecular flexibility index (Phi) is 5.07. The lowest BCUT2D eigenvalue weighted by Crippen LogP contribution is -2.14. The van der Waals surface area contributed by atoms with Gasteiger partial charge < -0.3 is 4.18 Å². The van der Waals surface area contributed by atoms with Gasteiger partial charge in [0.05, 0.1) is 0 Å². The van der Waals surface area contributed by atoms with Gasteiger partial charge in [-0.15, -0.1) is 0 Å². The fourth-order valence-corrected chi connectivity index (χ4v) is 3.02. The molecule has 0 spiro atoms. The van der Waals surface area contributed by atoms with E-state index >= 15 is 0 Å². The lowest BCUT2D eigenvalue weighted by Gasteiger charge is -2.16. The zero-order chi connectivity index (χ0) is 14.4. The number of hydrogen-bond donors (Lipinski definition) is 0. The van der Waals surface area contributed by atoms with E-state index in [-0.39, 0.29) is 6.42 Å². The Morgan fingerprint density at radius 3 is 1.85 bits per heavy atom. The average molecular weight is 288 g/mol. The minimum absolute atomic E-state index is 0.210. The van der Waals surface area contributed by atoms with E-state index in [1.165, 1.54) is 0 Å². The SMILES string of the molecule is CCC(=O)OS(=O)C(c1ccccc1)c1ccccc1. The van der Waals surface area contributed by atoms with Crippen LogP contribution in [0.2, 0.25) is 0 Å². The lowest BCUT2D eigenvalue weighted by molar-refractivity contribution is -0.133. The molecular weight excluding hydrogens is 272 g/mol. The third kappa shape index (κ3) is 3.54. The van der Waals surface area contributed by atoms with Gasteiger partial charge in [0.2, 0.25) is 11.1 Å². The fraction of sp³-hybridized carbons (Fsp3) is 0.188. The normalized spacial score (nSPS) is 12.1. The van der Waals surface area contributed by atoms with Gasteiger partial charge in [-0.1, -0.05) is 67.6 Å². The molecule has 0 heterocycles. The summed E-state index contributed by atoms with van der Waals surface area (Å²) in [6, 6.07) is 18.8. The Hall–Kier alpha value is -1.94. The van der Waals surface area contributed by atoms with Crippen molar-refractivity contribution in [1.82, 2.24) is 0 Å². The highest BCUT2D eigenvalue weighted by Crippen LogP contribution is 2.28. The molecule has 0 saturated heterocycles. The van der Waals surface area contributed by atoms with Crippen molar-refractivity contribution in [3.63, 3.8) is 0 Å². The molecule has 4 heteroatoms. The van der Waals surface area contributed by atoms with Crippen molar-refractivity contribution in [2.75, 3.05) is 0 Å². The van der Waals surface area contributed by atoms with Crippen molar-refractivity contribution in [3.05, 3.63) is 71.8 Å². The summed E-state index contributed by atoms with van der Waals surface area (Å²) < 4.78 is 17.4. The Morgan fingerprint density at radius 2 is 1.45 bits per heavy atom. The van der Waals surface area contributed by atoms with E-state index in [1.807, 2.05) is 60.7 Å². The molecule has 0 bridgehead atoms. The quantitative estimate of drug-likeness (QED) is 0.847. The molecule has 2 aromatic carbocycles. The van der Waals surface area contributed by atoms with Crippen LogP contribution in [-0.4, -0.2) is 10.2 Å². The van der Waals surface area contributed by atoms with Gasteiger partial charge in [0.25, 0.3) is 0 Å². The van der Waals surface area contributed by atoms with Crippen molar-refractivity contribution in [1.29, 1.82) is 0 Å². The van der Waals surface area contributed by atoms with Crippen LogP contribution in [0.15, 0.2) is 60.7 Å². The second-order valence-electron chi connectivity index (χ2n) is 4.27. The third-order valence-corrected chi connectivity index (χ3v) is 4.14. The van der Waals surface area contributed by atoms with Crippen LogP contribution >= 0.6 is 0 Å². The van der Waals surface area contributed by atoms with Crippen LogP contribution in [0.5, 0.6) is 0 Å². The molecule has 0 aromatic heterocycles. The van der Waals surface area contributed by atoms with Crippen molar-refractivity contribution >= 4 is 17.0 Å². The predicted molar refractivity (Wildman–Crippen MR) is 79.3 cm³/mol. The first-order valence-corrected chi connectivity index (χ1v) is 7.57. The van der Waals surface area contributed by atoms with Crippen molar-refractivity contribution < 1.29 is 13.2 Å². The molecule has 0 saturated carbocycles. The molecule has 0 radical (unpaired) electrons. The first-order valence-electron chi connectivity index (χ1n) is 6.44.